The lowest BCUT2D eigenvalue weighted by molar-refractivity contribution is 0.102. The zero-order valence-electron chi connectivity index (χ0n) is 11.1. The molecule has 0 bridgehead atoms. The Morgan fingerprint density at radius 1 is 1.15 bits per heavy atom. The summed E-state index contributed by atoms with van der Waals surface area (Å²) in [7, 11) is 1.82. The summed E-state index contributed by atoms with van der Waals surface area (Å²) in [6.45, 7) is 1.91. The molecular formula is C15H14BrFN2O. The van der Waals surface area contributed by atoms with E-state index in [0.29, 0.717) is 10.0 Å². The quantitative estimate of drug-likeness (QED) is 0.882. The summed E-state index contributed by atoms with van der Waals surface area (Å²) in [5.41, 5.74) is 2.55. The number of benzene rings is 2. The van der Waals surface area contributed by atoms with Crippen LogP contribution in [0.2, 0.25) is 0 Å². The number of hydrogen-bond donors (Lipinski definition) is 2. The summed E-state index contributed by atoms with van der Waals surface area (Å²) >= 11 is 3.25. The third kappa shape index (κ3) is 3.17. The van der Waals surface area contributed by atoms with Crippen LogP contribution in [0.15, 0.2) is 40.9 Å². The van der Waals surface area contributed by atoms with Crippen molar-refractivity contribution in [2.45, 2.75) is 6.92 Å². The fraction of sp³-hybridized carbons (Fsp3) is 0.133. The number of aryl methyl sites for hydroxylation is 1. The van der Waals surface area contributed by atoms with Crippen LogP contribution >= 0.6 is 15.9 Å². The van der Waals surface area contributed by atoms with Gasteiger partial charge in [0.1, 0.15) is 5.82 Å². The zero-order valence-corrected chi connectivity index (χ0v) is 12.7. The monoisotopic (exact) mass is 336 g/mol. The standard InChI is InChI=1S/C15H14BrFN2O/c1-9-7-10(3-6-13(9)18-2)15(20)19-14-8-11(16)4-5-12(14)17/h3-8,18H,1-2H3,(H,19,20). The smallest absolute Gasteiger partial charge is 0.255 e. The summed E-state index contributed by atoms with van der Waals surface area (Å²) < 4.78 is 14.3. The van der Waals surface area contributed by atoms with E-state index in [1.807, 2.05) is 20.0 Å². The van der Waals surface area contributed by atoms with Gasteiger partial charge in [0.15, 0.2) is 0 Å². The van der Waals surface area contributed by atoms with Gasteiger partial charge in [-0.25, -0.2) is 4.39 Å². The van der Waals surface area contributed by atoms with Gasteiger partial charge in [0.25, 0.3) is 5.91 Å². The molecule has 0 radical (unpaired) electrons. The first-order chi connectivity index (χ1) is 9.51. The fourth-order valence-corrected chi connectivity index (χ4v) is 2.23. The number of anilines is 2. The number of rotatable bonds is 3. The average Bonchev–Trinajstić information content (AvgIpc) is 2.42. The second-order valence-corrected chi connectivity index (χ2v) is 5.27. The van der Waals surface area contributed by atoms with Crippen molar-refractivity contribution in [1.29, 1.82) is 0 Å². The summed E-state index contributed by atoms with van der Waals surface area (Å²) in [5.74, 6) is -0.808. The van der Waals surface area contributed by atoms with Crippen molar-refractivity contribution in [3.8, 4) is 0 Å². The third-order valence-corrected chi connectivity index (χ3v) is 3.43. The number of amides is 1. The van der Waals surface area contributed by atoms with Crippen molar-refractivity contribution < 1.29 is 9.18 Å². The minimum Gasteiger partial charge on any atom is -0.388 e. The van der Waals surface area contributed by atoms with E-state index in [-0.39, 0.29) is 11.6 Å². The maximum absolute atomic E-state index is 13.6. The highest BCUT2D eigenvalue weighted by Gasteiger charge is 2.10. The van der Waals surface area contributed by atoms with Gasteiger partial charge >= 0.3 is 0 Å². The first-order valence-electron chi connectivity index (χ1n) is 6.06. The molecule has 0 heterocycles. The number of hydrogen-bond acceptors (Lipinski definition) is 2. The van der Waals surface area contributed by atoms with Gasteiger partial charge in [0, 0.05) is 22.8 Å². The molecule has 20 heavy (non-hydrogen) atoms. The Bertz CT molecular complexity index is 658. The number of carbonyl (C=O) groups excluding carboxylic acids is 1. The van der Waals surface area contributed by atoms with Gasteiger partial charge < -0.3 is 10.6 Å². The van der Waals surface area contributed by atoms with Gasteiger partial charge in [0.05, 0.1) is 5.69 Å². The molecule has 0 aliphatic heterocycles. The molecule has 1 amide bonds. The van der Waals surface area contributed by atoms with Gasteiger partial charge in [-0.1, -0.05) is 15.9 Å². The molecule has 0 spiro atoms. The number of halogens is 2. The summed E-state index contributed by atoms with van der Waals surface area (Å²) in [6, 6.07) is 9.69. The molecule has 2 rings (SSSR count). The van der Waals surface area contributed by atoms with Crippen molar-refractivity contribution in [2.24, 2.45) is 0 Å². The van der Waals surface area contributed by atoms with Gasteiger partial charge in [-0.2, -0.15) is 0 Å². The fourth-order valence-electron chi connectivity index (χ4n) is 1.87. The Kier molecular flexibility index (Phi) is 4.39. The maximum Gasteiger partial charge on any atom is 0.255 e. The maximum atomic E-state index is 13.6. The molecule has 0 aromatic heterocycles. The Labute approximate surface area is 125 Å². The second-order valence-electron chi connectivity index (χ2n) is 4.36. The molecule has 5 heteroatoms. The van der Waals surface area contributed by atoms with Gasteiger partial charge in [-0.3, -0.25) is 4.79 Å². The summed E-state index contributed by atoms with van der Waals surface area (Å²) in [4.78, 5) is 12.1. The number of carbonyl (C=O) groups is 1. The van der Waals surface area contributed by atoms with Crippen molar-refractivity contribution in [3.05, 3.63) is 57.8 Å². The van der Waals surface area contributed by atoms with Gasteiger partial charge in [-0.15, -0.1) is 0 Å². The predicted octanol–water partition coefficient (Wildman–Crippen LogP) is 4.19. The SMILES string of the molecule is CNc1ccc(C(=O)Nc2cc(Br)ccc2F)cc1C. The molecule has 0 aliphatic rings. The largest absolute Gasteiger partial charge is 0.388 e. The van der Waals surface area contributed by atoms with Crippen LogP contribution in [0.3, 0.4) is 0 Å². The van der Waals surface area contributed by atoms with E-state index in [0.717, 1.165) is 11.3 Å². The molecule has 0 saturated carbocycles. The number of nitrogens with one attached hydrogen (secondary N) is 2. The first-order valence-corrected chi connectivity index (χ1v) is 6.85. The van der Waals surface area contributed by atoms with Crippen molar-refractivity contribution >= 4 is 33.2 Å². The molecule has 2 aromatic carbocycles. The van der Waals surface area contributed by atoms with E-state index in [1.54, 1.807) is 18.2 Å². The second kappa shape index (κ2) is 6.05. The highest BCUT2D eigenvalue weighted by atomic mass is 79.9. The van der Waals surface area contributed by atoms with Gasteiger partial charge in [-0.05, 0) is 48.9 Å². The van der Waals surface area contributed by atoms with Crippen LogP contribution in [0.25, 0.3) is 0 Å². The Hall–Kier alpha value is -1.88. The molecule has 2 aromatic rings. The molecule has 2 N–H and O–H groups in total. The van der Waals surface area contributed by atoms with Crippen molar-refractivity contribution in [1.82, 2.24) is 0 Å². The molecular weight excluding hydrogens is 323 g/mol. The summed E-state index contributed by atoms with van der Waals surface area (Å²) in [6.07, 6.45) is 0. The predicted molar refractivity (Wildman–Crippen MR) is 82.8 cm³/mol. The molecule has 0 atom stereocenters. The summed E-state index contributed by atoms with van der Waals surface area (Å²) in [5, 5.41) is 5.60. The van der Waals surface area contributed by atoms with E-state index in [2.05, 4.69) is 26.6 Å². The first kappa shape index (κ1) is 14.5. The Morgan fingerprint density at radius 2 is 1.90 bits per heavy atom. The minimum absolute atomic E-state index is 0.153. The molecule has 0 saturated heterocycles. The van der Waals surface area contributed by atoms with E-state index in [4.69, 9.17) is 0 Å². The van der Waals surface area contributed by atoms with Crippen LogP contribution in [-0.4, -0.2) is 13.0 Å². The van der Waals surface area contributed by atoms with E-state index < -0.39 is 5.82 Å². The average molecular weight is 337 g/mol. The topological polar surface area (TPSA) is 41.1 Å². The third-order valence-electron chi connectivity index (χ3n) is 2.93. The van der Waals surface area contributed by atoms with Crippen LogP contribution in [0, 0.1) is 12.7 Å². The molecule has 3 nitrogen and oxygen atoms in total. The normalized spacial score (nSPS) is 10.2. The zero-order chi connectivity index (χ0) is 14.7. The van der Waals surface area contributed by atoms with Gasteiger partial charge in [0.2, 0.25) is 0 Å². The van der Waals surface area contributed by atoms with Crippen molar-refractivity contribution in [3.63, 3.8) is 0 Å². The Balaban J connectivity index is 2.24. The lowest BCUT2D eigenvalue weighted by Gasteiger charge is -2.09. The molecule has 0 aliphatic carbocycles. The van der Waals surface area contributed by atoms with Crippen LogP contribution in [0.1, 0.15) is 15.9 Å². The van der Waals surface area contributed by atoms with E-state index in [9.17, 15) is 9.18 Å². The molecule has 0 unspecified atom stereocenters. The van der Waals surface area contributed by atoms with Crippen molar-refractivity contribution in [2.75, 3.05) is 17.7 Å². The Morgan fingerprint density at radius 3 is 2.55 bits per heavy atom. The van der Waals surface area contributed by atoms with E-state index >= 15 is 0 Å². The highest BCUT2D eigenvalue weighted by molar-refractivity contribution is 9.10. The van der Waals surface area contributed by atoms with Crippen LogP contribution < -0.4 is 10.6 Å². The van der Waals surface area contributed by atoms with E-state index in [1.165, 1.54) is 12.1 Å². The highest BCUT2D eigenvalue weighted by Crippen LogP contribution is 2.21. The van der Waals surface area contributed by atoms with Crippen LogP contribution in [0.5, 0.6) is 0 Å². The minimum atomic E-state index is -0.467. The molecule has 0 fully saturated rings. The van der Waals surface area contributed by atoms with Crippen LogP contribution in [-0.2, 0) is 0 Å². The van der Waals surface area contributed by atoms with Crippen LogP contribution in [0.4, 0.5) is 15.8 Å². The lowest BCUT2D eigenvalue weighted by Crippen LogP contribution is -2.13. The lowest BCUT2D eigenvalue weighted by atomic mass is 10.1. The molecule has 104 valence electrons.